The number of halogens is 1. The molecule has 0 atom stereocenters. The van der Waals surface area contributed by atoms with Crippen LogP contribution in [-0.2, 0) is 10.0 Å². The minimum absolute atomic E-state index is 0.0503. The number of sulfonamides is 1. The molecule has 3 aromatic rings. The number of piperazine rings is 1. The Kier molecular flexibility index (Phi) is 4.45. The van der Waals surface area contributed by atoms with Crippen molar-refractivity contribution in [3.8, 4) is 5.75 Å². The quantitative estimate of drug-likeness (QED) is 0.748. The van der Waals surface area contributed by atoms with Gasteiger partial charge in [0.1, 0.15) is 17.1 Å². The summed E-state index contributed by atoms with van der Waals surface area (Å²) < 4.78 is 40.8. The van der Waals surface area contributed by atoms with Gasteiger partial charge in [0.15, 0.2) is 0 Å². The zero-order valence-corrected chi connectivity index (χ0v) is 15.2. The molecule has 0 spiro atoms. The number of phenols is 1. The number of aromatic nitrogens is 1. The minimum Gasteiger partial charge on any atom is -0.506 e. The summed E-state index contributed by atoms with van der Waals surface area (Å²) in [6, 6.07) is 12.2. The highest BCUT2D eigenvalue weighted by molar-refractivity contribution is 7.89. The summed E-state index contributed by atoms with van der Waals surface area (Å²) in [5.41, 5.74) is 1.14. The van der Waals surface area contributed by atoms with Crippen molar-refractivity contribution in [3.63, 3.8) is 0 Å². The van der Waals surface area contributed by atoms with E-state index in [1.807, 2.05) is 4.90 Å². The Morgan fingerprint density at radius 1 is 0.963 bits per heavy atom. The number of rotatable bonds is 3. The first-order valence-corrected chi connectivity index (χ1v) is 9.98. The Morgan fingerprint density at radius 3 is 2.37 bits per heavy atom. The van der Waals surface area contributed by atoms with Gasteiger partial charge in [-0.15, -0.1) is 0 Å². The van der Waals surface area contributed by atoms with Crippen LogP contribution in [0.2, 0.25) is 0 Å². The van der Waals surface area contributed by atoms with Crippen molar-refractivity contribution in [1.29, 1.82) is 0 Å². The highest BCUT2D eigenvalue weighted by Crippen LogP contribution is 2.31. The van der Waals surface area contributed by atoms with Gasteiger partial charge in [-0.2, -0.15) is 4.31 Å². The Labute approximate surface area is 156 Å². The second kappa shape index (κ2) is 6.79. The van der Waals surface area contributed by atoms with Crippen LogP contribution in [0.4, 0.5) is 10.1 Å². The second-order valence-electron chi connectivity index (χ2n) is 6.35. The Morgan fingerprint density at radius 2 is 1.67 bits per heavy atom. The van der Waals surface area contributed by atoms with Crippen LogP contribution < -0.4 is 4.90 Å². The molecule has 0 radical (unpaired) electrons. The standard InChI is InChI=1S/C19H18FN3O3S/c20-14-3-5-15(6-4-14)22-10-12-23(13-11-22)27(25,26)18-8-7-17(24)19-16(18)2-1-9-21-19/h1-9,24H,10-13H2. The Hall–Kier alpha value is -2.71. The highest BCUT2D eigenvalue weighted by atomic mass is 32.2. The molecule has 1 saturated heterocycles. The van der Waals surface area contributed by atoms with Crippen molar-refractivity contribution in [2.45, 2.75) is 4.90 Å². The van der Waals surface area contributed by atoms with Gasteiger partial charge < -0.3 is 10.0 Å². The molecule has 27 heavy (non-hydrogen) atoms. The van der Waals surface area contributed by atoms with Gasteiger partial charge in [-0.3, -0.25) is 4.98 Å². The summed E-state index contributed by atoms with van der Waals surface area (Å²) in [7, 11) is -3.72. The average molecular weight is 387 g/mol. The molecule has 1 aliphatic rings. The highest BCUT2D eigenvalue weighted by Gasteiger charge is 2.30. The van der Waals surface area contributed by atoms with E-state index in [-0.39, 0.29) is 22.0 Å². The molecule has 2 heterocycles. The second-order valence-corrected chi connectivity index (χ2v) is 8.26. The number of nitrogens with zero attached hydrogens (tertiary/aromatic N) is 3. The largest absolute Gasteiger partial charge is 0.506 e. The van der Waals surface area contributed by atoms with E-state index in [1.54, 1.807) is 24.3 Å². The third-order valence-electron chi connectivity index (χ3n) is 4.76. The molecule has 0 amide bonds. The maximum absolute atomic E-state index is 13.1. The smallest absolute Gasteiger partial charge is 0.243 e. The molecule has 0 saturated carbocycles. The van der Waals surface area contributed by atoms with Crippen LogP contribution in [0, 0.1) is 5.82 Å². The lowest BCUT2D eigenvalue weighted by atomic mass is 10.2. The van der Waals surface area contributed by atoms with E-state index in [0.29, 0.717) is 31.6 Å². The Bertz CT molecular complexity index is 1080. The van der Waals surface area contributed by atoms with Crippen molar-refractivity contribution in [3.05, 3.63) is 60.5 Å². The van der Waals surface area contributed by atoms with Gasteiger partial charge in [0.25, 0.3) is 0 Å². The molecule has 2 aromatic carbocycles. The SMILES string of the molecule is O=S(=O)(c1ccc(O)c2ncccc12)N1CCN(c2ccc(F)cc2)CC1. The molecule has 140 valence electrons. The topological polar surface area (TPSA) is 73.7 Å². The van der Waals surface area contributed by atoms with E-state index in [9.17, 15) is 17.9 Å². The molecule has 6 nitrogen and oxygen atoms in total. The molecule has 0 aliphatic carbocycles. The van der Waals surface area contributed by atoms with Crippen molar-refractivity contribution in [2.75, 3.05) is 31.1 Å². The van der Waals surface area contributed by atoms with Crippen LogP contribution in [0.1, 0.15) is 0 Å². The van der Waals surface area contributed by atoms with Crippen LogP contribution in [0.5, 0.6) is 5.75 Å². The first-order chi connectivity index (χ1) is 13.0. The van der Waals surface area contributed by atoms with E-state index in [2.05, 4.69) is 4.98 Å². The van der Waals surface area contributed by atoms with E-state index >= 15 is 0 Å². The maximum atomic E-state index is 13.1. The molecule has 1 fully saturated rings. The first-order valence-electron chi connectivity index (χ1n) is 8.54. The molecule has 0 bridgehead atoms. The van der Waals surface area contributed by atoms with E-state index in [1.165, 1.54) is 34.8 Å². The third-order valence-corrected chi connectivity index (χ3v) is 6.71. The molecule has 0 unspecified atom stereocenters. The van der Waals surface area contributed by atoms with Crippen LogP contribution in [-0.4, -0.2) is 49.0 Å². The van der Waals surface area contributed by atoms with Crippen molar-refractivity contribution >= 4 is 26.6 Å². The summed E-state index contributed by atoms with van der Waals surface area (Å²) >= 11 is 0. The predicted molar refractivity (Wildman–Crippen MR) is 101 cm³/mol. The van der Waals surface area contributed by atoms with Gasteiger partial charge in [-0.1, -0.05) is 0 Å². The molecular weight excluding hydrogens is 369 g/mol. The summed E-state index contributed by atoms with van der Waals surface area (Å²) in [6.07, 6.45) is 1.51. The number of aromatic hydroxyl groups is 1. The van der Waals surface area contributed by atoms with Gasteiger partial charge in [0.05, 0.1) is 4.90 Å². The molecule has 1 aromatic heterocycles. The first kappa shape index (κ1) is 17.7. The minimum atomic E-state index is -3.72. The van der Waals surface area contributed by atoms with Gasteiger partial charge in [-0.05, 0) is 48.5 Å². The summed E-state index contributed by atoms with van der Waals surface area (Å²) in [5.74, 6) is -0.349. The molecular formula is C19H18FN3O3S. The maximum Gasteiger partial charge on any atom is 0.243 e. The lowest BCUT2D eigenvalue weighted by Crippen LogP contribution is -2.48. The molecule has 4 rings (SSSR count). The van der Waals surface area contributed by atoms with Crippen molar-refractivity contribution in [1.82, 2.24) is 9.29 Å². The Balaban J connectivity index is 1.59. The van der Waals surface area contributed by atoms with Gasteiger partial charge >= 0.3 is 0 Å². The lowest BCUT2D eigenvalue weighted by Gasteiger charge is -2.35. The van der Waals surface area contributed by atoms with E-state index < -0.39 is 10.0 Å². The zero-order valence-electron chi connectivity index (χ0n) is 14.4. The summed E-state index contributed by atoms with van der Waals surface area (Å²) in [4.78, 5) is 6.25. The van der Waals surface area contributed by atoms with Crippen molar-refractivity contribution < 1.29 is 17.9 Å². The fourth-order valence-corrected chi connectivity index (χ4v) is 4.94. The molecule has 1 aliphatic heterocycles. The summed E-state index contributed by atoms with van der Waals surface area (Å²) in [5, 5.41) is 10.3. The number of pyridine rings is 1. The number of anilines is 1. The lowest BCUT2D eigenvalue weighted by molar-refractivity contribution is 0.385. The molecule has 1 N–H and O–H groups in total. The van der Waals surface area contributed by atoms with Gasteiger partial charge in [-0.25, -0.2) is 12.8 Å². The zero-order chi connectivity index (χ0) is 19.0. The monoisotopic (exact) mass is 387 g/mol. The number of benzene rings is 2. The van der Waals surface area contributed by atoms with Crippen LogP contribution in [0.15, 0.2) is 59.6 Å². The number of fused-ring (bicyclic) bond motifs is 1. The number of phenolic OH excluding ortho intramolecular Hbond substituents is 1. The van der Waals surface area contributed by atoms with Crippen molar-refractivity contribution in [2.24, 2.45) is 0 Å². The third kappa shape index (κ3) is 3.22. The normalized spacial score (nSPS) is 16.0. The fourth-order valence-electron chi connectivity index (χ4n) is 3.33. The molecule has 8 heteroatoms. The van der Waals surface area contributed by atoms with Crippen LogP contribution in [0.3, 0.4) is 0 Å². The number of hydrogen-bond donors (Lipinski definition) is 1. The predicted octanol–water partition coefficient (Wildman–Crippen LogP) is 2.59. The van der Waals surface area contributed by atoms with Gasteiger partial charge in [0, 0.05) is 43.4 Å². The van der Waals surface area contributed by atoms with Crippen LogP contribution >= 0.6 is 0 Å². The fraction of sp³-hybridized carbons (Fsp3) is 0.211. The van der Waals surface area contributed by atoms with Crippen LogP contribution in [0.25, 0.3) is 10.9 Å². The van der Waals surface area contributed by atoms with Gasteiger partial charge in [0.2, 0.25) is 10.0 Å². The van der Waals surface area contributed by atoms with E-state index in [4.69, 9.17) is 0 Å². The summed E-state index contributed by atoms with van der Waals surface area (Å²) in [6.45, 7) is 1.67. The number of hydrogen-bond acceptors (Lipinski definition) is 5. The average Bonchev–Trinajstić information content (AvgIpc) is 2.69. The van der Waals surface area contributed by atoms with E-state index in [0.717, 1.165) is 5.69 Å².